The van der Waals surface area contributed by atoms with Crippen molar-refractivity contribution in [1.82, 2.24) is 14.7 Å². The van der Waals surface area contributed by atoms with Crippen LogP contribution >= 0.6 is 0 Å². The molecule has 1 aromatic carbocycles. The van der Waals surface area contributed by atoms with Crippen molar-refractivity contribution in [3.63, 3.8) is 0 Å². The summed E-state index contributed by atoms with van der Waals surface area (Å²) in [4.78, 5) is 18.5. The molecule has 1 aromatic rings. The Balaban J connectivity index is 1.75. The predicted molar refractivity (Wildman–Crippen MR) is 86.8 cm³/mol. The molecule has 24 heavy (non-hydrogen) atoms. The van der Waals surface area contributed by atoms with E-state index < -0.39 is 11.6 Å². The second-order valence-electron chi connectivity index (χ2n) is 7.43. The molecule has 0 radical (unpaired) electrons. The topological polar surface area (TPSA) is 26.8 Å². The van der Waals surface area contributed by atoms with E-state index in [-0.39, 0.29) is 24.0 Å². The summed E-state index contributed by atoms with van der Waals surface area (Å²) in [5.41, 5.74) is 0.409. The number of carbonyl (C=O) groups is 1. The molecule has 3 atom stereocenters. The molecular formula is C18H23F2N3O. The van der Waals surface area contributed by atoms with Crippen molar-refractivity contribution in [3.8, 4) is 0 Å². The lowest BCUT2D eigenvalue weighted by atomic mass is 9.75. The van der Waals surface area contributed by atoms with Crippen molar-refractivity contribution in [2.45, 2.75) is 30.8 Å². The fourth-order valence-electron chi connectivity index (χ4n) is 4.98. The van der Waals surface area contributed by atoms with Gasteiger partial charge < -0.3 is 9.80 Å². The first-order chi connectivity index (χ1) is 11.5. The fraction of sp³-hybridized carbons (Fsp3) is 0.611. The number of urea groups is 1. The van der Waals surface area contributed by atoms with Gasteiger partial charge >= 0.3 is 6.03 Å². The summed E-state index contributed by atoms with van der Waals surface area (Å²) >= 11 is 0. The Labute approximate surface area is 141 Å². The van der Waals surface area contributed by atoms with Crippen LogP contribution in [0, 0.1) is 17.6 Å². The van der Waals surface area contributed by atoms with Crippen LogP contribution < -0.4 is 0 Å². The zero-order valence-electron chi connectivity index (χ0n) is 14.1. The van der Waals surface area contributed by atoms with Gasteiger partial charge in [-0.2, -0.15) is 0 Å². The van der Waals surface area contributed by atoms with E-state index in [2.05, 4.69) is 4.90 Å². The van der Waals surface area contributed by atoms with Crippen LogP contribution in [0.3, 0.4) is 0 Å². The number of nitrogens with zero attached hydrogens (tertiary/aromatic N) is 3. The van der Waals surface area contributed by atoms with Gasteiger partial charge in [-0.3, -0.25) is 4.90 Å². The molecule has 0 aliphatic carbocycles. The van der Waals surface area contributed by atoms with E-state index in [4.69, 9.17) is 0 Å². The number of hydrogen-bond acceptors (Lipinski definition) is 2. The van der Waals surface area contributed by atoms with Gasteiger partial charge in [0.15, 0.2) is 11.6 Å². The molecule has 2 amide bonds. The van der Waals surface area contributed by atoms with E-state index in [1.165, 1.54) is 0 Å². The van der Waals surface area contributed by atoms with E-state index in [1.54, 1.807) is 31.1 Å². The minimum Gasteiger partial charge on any atom is -0.331 e. The van der Waals surface area contributed by atoms with Crippen LogP contribution in [0.1, 0.15) is 24.3 Å². The second-order valence-corrected chi connectivity index (χ2v) is 7.43. The lowest BCUT2D eigenvalue weighted by Gasteiger charge is -2.51. The van der Waals surface area contributed by atoms with Crippen LogP contribution in [0.2, 0.25) is 0 Å². The number of rotatable bonds is 1. The Hall–Kier alpha value is -1.69. The first-order valence-corrected chi connectivity index (χ1v) is 8.65. The lowest BCUT2D eigenvalue weighted by Crippen LogP contribution is -2.61. The SMILES string of the molecule is CN(C)C(=O)N1C[C@@H](c2cccc(F)c2F)[C@@H]2[C@H]1C1CCN2CC1. The second kappa shape index (κ2) is 5.69. The van der Waals surface area contributed by atoms with E-state index in [0.29, 0.717) is 18.0 Å². The van der Waals surface area contributed by atoms with Gasteiger partial charge in [-0.05, 0) is 43.5 Å². The van der Waals surface area contributed by atoms with Gasteiger partial charge in [0.2, 0.25) is 0 Å². The predicted octanol–water partition coefficient (Wildman–Crippen LogP) is 2.51. The standard InChI is InChI=1S/C18H23F2N3O/c1-21(2)18(24)23-10-13(12-4-3-5-14(19)15(12)20)17-16(23)11-6-8-22(17)9-7-11/h3-5,11,13,16-17H,6-10H2,1-2H3/t13-,16+,17+/m0/s1. The quantitative estimate of drug-likeness (QED) is 0.788. The van der Waals surface area contributed by atoms with E-state index >= 15 is 0 Å². The fourth-order valence-corrected chi connectivity index (χ4v) is 4.98. The molecule has 4 aliphatic heterocycles. The summed E-state index contributed by atoms with van der Waals surface area (Å²) in [5.74, 6) is -1.27. The number of fused-ring (bicyclic) bond motifs is 2. The van der Waals surface area contributed by atoms with Gasteiger partial charge in [-0.15, -0.1) is 0 Å². The van der Waals surface area contributed by atoms with Gasteiger partial charge in [0.1, 0.15) is 0 Å². The van der Waals surface area contributed by atoms with E-state index in [0.717, 1.165) is 32.0 Å². The highest BCUT2D eigenvalue weighted by Gasteiger charge is 2.55. The summed E-state index contributed by atoms with van der Waals surface area (Å²) in [6.07, 6.45) is 2.16. The third-order valence-electron chi connectivity index (χ3n) is 6.00. The van der Waals surface area contributed by atoms with E-state index in [9.17, 15) is 13.6 Å². The number of hydrogen-bond donors (Lipinski definition) is 0. The van der Waals surface area contributed by atoms with Crippen molar-refractivity contribution < 1.29 is 13.6 Å². The van der Waals surface area contributed by atoms with Crippen LogP contribution in [0.15, 0.2) is 18.2 Å². The summed E-state index contributed by atoms with van der Waals surface area (Å²) in [5, 5.41) is 0. The molecule has 5 rings (SSSR count). The molecule has 4 fully saturated rings. The largest absolute Gasteiger partial charge is 0.331 e. The highest BCUT2D eigenvalue weighted by atomic mass is 19.2. The number of carbonyl (C=O) groups excluding carboxylic acids is 1. The zero-order valence-corrected chi connectivity index (χ0v) is 14.1. The summed E-state index contributed by atoms with van der Waals surface area (Å²) < 4.78 is 28.2. The number of piperidine rings is 3. The highest BCUT2D eigenvalue weighted by molar-refractivity contribution is 5.75. The van der Waals surface area contributed by atoms with Crippen molar-refractivity contribution in [2.75, 3.05) is 33.7 Å². The first kappa shape index (κ1) is 15.8. The maximum Gasteiger partial charge on any atom is 0.319 e. The zero-order chi connectivity index (χ0) is 17.0. The molecule has 130 valence electrons. The third kappa shape index (κ3) is 2.23. The molecule has 0 aromatic heterocycles. The summed E-state index contributed by atoms with van der Waals surface area (Å²) in [7, 11) is 3.49. The molecule has 4 saturated heterocycles. The number of benzene rings is 1. The van der Waals surface area contributed by atoms with Crippen LogP contribution in [0.4, 0.5) is 13.6 Å². The molecule has 0 N–H and O–H groups in total. The van der Waals surface area contributed by atoms with Crippen molar-refractivity contribution >= 4 is 6.03 Å². The smallest absolute Gasteiger partial charge is 0.319 e. The van der Waals surface area contributed by atoms with Crippen LogP contribution in [-0.4, -0.2) is 66.5 Å². The Morgan fingerprint density at radius 2 is 1.88 bits per heavy atom. The molecule has 0 spiro atoms. The third-order valence-corrected chi connectivity index (χ3v) is 6.00. The van der Waals surface area contributed by atoms with Crippen molar-refractivity contribution in [3.05, 3.63) is 35.4 Å². The van der Waals surface area contributed by atoms with Crippen LogP contribution in [-0.2, 0) is 0 Å². The monoisotopic (exact) mass is 335 g/mol. The maximum atomic E-state index is 14.4. The molecule has 4 nitrogen and oxygen atoms in total. The van der Waals surface area contributed by atoms with Gasteiger partial charge in [-0.25, -0.2) is 13.6 Å². The maximum absolute atomic E-state index is 14.4. The highest BCUT2D eigenvalue weighted by Crippen LogP contribution is 2.47. The van der Waals surface area contributed by atoms with Gasteiger partial charge in [0.25, 0.3) is 0 Å². The normalized spacial score (nSPS) is 34.3. The Kier molecular flexibility index (Phi) is 3.75. The van der Waals surface area contributed by atoms with Crippen molar-refractivity contribution in [1.29, 1.82) is 0 Å². The first-order valence-electron chi connectivity index (χ1n) is 8.65. The minimum atomic E-state index is -0.808. The number of halogens is 2. The Morgan fingerprint density at radius 3 is 2.54 bits per heavy atom. The Morgan fingerprint density at radius 1 is 1.17 bits per heavy atom. The van der Waals surface area contributed by atoms with Gasteiger partial charge in [0, 0.05) is 32.6 Å². The van der Waals surface area contributed by atoms with Gasteiger partial charge in [-0.1, -0.05) is 12.1 Å². The van der Waals surface area contributed by atoms with Gasteiger partial charge in [0.05, 0.1) is 6.04 Å². The molecule has 6 heteroatoms. The van der Waals surface area contributed by atoms with Crippen LogP contribution in [0.5, 0.6) is 0 Å². The Bertz CT molecular complexity index is 658. The molecule has 4 aliphatic rings. The summed E-state index contributed by atoms with van der Waals surface area (Å²) in [6, 6.07) is 4.57. The average Bonchev–Trinajstić information content (AvgIpc) is 3.00. The summed E-state index contributed by atoms with van der Waals surface area (Å²) in [6.45, 7) is 2.44. The molecule has 2 bridgehead atoms. The van der Waals surface area contributed by atoms with E-state index in [1.807, 2.05) is 4.90 Å². The lowest BCUT2D eigenvalue weighted by molar-refractivity contribution is 0.000678. The molecule has 0 saturated carbocycles. The average molecular weight is 335 g/mol. The number of amides is 2. The van der Waals surface area contributed by atoms with Crippen molar-refractivity contribution in [2.24, 2.45) is 5.92 Å². The minimum absolute atomic E-state index is 0.0296. The molecule has 4 heterocycles. The number of likely N-dealkylation sites (tertiary alicyclic amines) is 1. The van der Waals surface area contributed by atoms with Crippen LogP contribution in [0.25, 0.3) is 0 Å². The molecule has 0 unspecified atom stereocenters. The molecular weight excluding hydrogens is 312 g/mol.